The van der Waals surface area contributed by atoms with E-state index >= 15 is 0 Å². The van der Waals surface area contributed by atoms with Gasteiger partial charge in [0.1, 0.15) is 30.1 Å². The number of nitrogens with zero attached hydrogens (tertiary/aromatic N) is 1. The molecule has 3 rings (SSSR count). The van der Waals surface area contributed by atoms with E-state index < -0.39 is 6.10 Å². The second-order valence-corrected chi connectivity index (χ2v) is 7.24. The lowest BCUT2D eigenvalue weighted by Crippen LogP contribution is -2.35. The largest absolute Gasteiger partial charge is 0.491 e. The second kappa shape index (κ2) is 10.3. The fraction of sp³-hybridized carbons (Fsp3) is 0.217. The predicted molar refractivity (Wildman–Crippen MR) is 110 cm³/mol. The van der Waals surface area contributed by atoms with Crippen LogP contribution in [0.3, 0.4) is 0 Å². The second-order valence-electron chi connectivity index (χ2n) is 6.81. The van der Waals surface area contributed by atoms with Crippen LogP contribution in [-0.4, -0.2) is 29.3 Å². The molecular formula is C23H22ClF2NO2. The number of benzene rings is 3. The average Bonchev–Trinajstić information content (AvgIpc) is 2.71. The van der Waals surface area contributed by atoms with Crippen LogP contribution >= 0.6 is 11.6 Å². The van der Waals surface area contributed by atoms with E-state index in [0.717, 1.165) is 5.56 Å². The van der Waals surface area contributed by atoms with Gasteiger partial charge in [-0.3, -0.25) is 4.90 Å². The molecule has 0 amide bonds. The molecule has 152 valence electrons. The minimum atomic E-state index is -0.794. The molecule has 0 bridgehead atoms. The molecule has 1 atom stereocenters. The minimum Gasteiger partial charge on any atom is -0.491 e. The number of rotatable bonds is 9. The lowest BCUT2D eigenvalue weighted by Gasteiger charge is -2.25. The molecule has 0 heterocycles. The Morgan fingerprint density at radius 1 is 0.897 bits per heavy atom. The third-order valence-electron chi connectivity index (χ3n) is 4.40. The summed E-state index contributed by atoms with van der Waals surface area (Å²) in [7, 11) is 0. The highest BCUT2D eigenvalue weighted by Gasteiger charge is 2.15. The topological polar surface area (TPSA) is 32.7 Å². The summed E-state index contributed by atoms with van der Waals surface area (Å²) >= 11 is 5.85. The monoisotopic (exact) mass is 417 g/mol. The molecule has 0 fully saturated rings. The summed E-state index contributed by atoms with van der Waals surface area (Å²) in [5.74, 6) is -0.0121. The van der Waals surface area contributed by atoms with Crippen molar-refractivity contribution in [2.24, 2.45) is 0 Å². The first-order valence-electron chi connectivity index (χ1n) is 9.26. The van der Waals surface area contributed by atoms with Crippen LogP contribution in [-0.2, 0) is 13.1 Å². The van der Waals surface area contributed by atoms with Gasteiger partial charge in [0.15, 0.2) is 0 Å². The van der Waals surface area contributed by atoms with Crippen LogP contribution in [0.25, 0.3) is 0 Å². The Kier molecular flexibility index (Phi) is 7.58. The van der Waals surface area contributed by atoms with E-state index in [1.165, 1.54) is 18.2 Å². The van der Waals surface area contributed by atoms with Crippen molar-refractivity contribution in [3.8, 4) is 5.75 Å². The normalized spacial score (nSPS) is 12.2. The first-order valence-corrected chi connectivity index (χ1v) is 9.64. The van der Waals surface area contributed by atoms with Gasteiger partial charge in [-0.25, -0.2) is 8.78 Å². The number of aliphatic hydroxyl groups excluding tert-OH is 1. The zero-order valence-electron chi connectivity index (χ0n) is 15.8. The van der Waals surface area contributed by atoms with E-state index in [-0.39, 0.29) is 24.8 Å². The summed E-state index contributed by atoms with van der Waals surface area (Å²) in [6.07, 6.45) is -0.794. The molecule has 1 N–H and O–H groups in total. The molecule has 0 aliphatic rings. The van der Waals surface area contributed by atoms with Crippen LogP contribution in [0.2, 0.25) is 5.02 Å². The van der Waals surface area contributed by atoms with Crippen LogP contribution in [0.4, 0.5) is 8.78 Å². The Labute approximate surface area is 174 Å². The maximum Gasteiger partial charge on any atom is 0.127 e. The Bertz CT molecular complexity index is 904. The van der Waals surface area contributed by atoms with Gasteiger partial charge in [0.2, 0.25) is 0 Å². The number of halogens is 3. The third-order valence-corrected chi connectivity index (χ3v) is 4.65. The molecule has 0 saturated heterocycles. The number of aliphatic hydroxyl groups is 1. The van der Waals surface area contributed by atoms with Gasteiger partial charge >= 0.3 is 0 Å². The maximum atomic E-state index is 14.1. The predicted octanol–water partition coefficient (Wildman–Crippen LogP) is 5.06. The maximum absolute atomic E-state index is 14.1. The van der Waals surface area contributed by atoms with Gasteiger partial charge in [0.25, 0.3) is 0 Å². The van der Waals surface area contributed by atoms with E-state index in [0.29, 0.717) is 29.4 Å². The van der Waals surface area contributed by atoms with Crippen molar-refractivity contribution in [3.05, 3.63) is 101 Å². The molecule has 0 radical (unpaired) electrons. The third kappa shape index (κ3) is 6.82. The first kappa shape index (κ1) is 21.2. The molecule has 3 aromatic rings. The molecule has 0 aromatic heterocycles. The molecule has 29 heavy (non-hydrogen) atoms. The highest BCUT2D eigenvalue weighted by atomic mass is 35.5. The highest BCUT2D eigenvalue weighted by molar-refractivity contribution is 6.30. The van der Waals surface area contributed by atoms with Gasteiger partial charge in [-0.05, 0) is 48.0 Å². The van der Waals surface area contributed by atoms with Gasteiger partial charge in [0, 0.05) is 30.2 Å². The molecule has 3 nitrogen and oxygen atoms in total. The van der Waals surface area contributed by atoms with Gasteiger partial charge in [-0.2, -0.15) is 0 Å². The Hall–Kier alpha value is -2.47. The molecule has 6 heteroatoms. The van der Waals surface area contributed by atoms with Crippen molar-refractivity contribution >= 4 is 11.6 Å². The molecule has 0 saturated carbocycles. The smallest absolute Gasteiger partial charge is 0.127 e. The fourth-order valence-corrected chi connectivity index (χ4v) is 3.10. The minimum absolute atomic E-state index is 0.0822. The zero-order chi connectivity index (χ0) is 20.6. The summed E-state index contributed by atoms with van der Waals surface area (Å²) in [4.78, 5) is 1.90. The first-order chi connectivity index (χ1) is 14.0. The number of ether oxygens (including phenoxy) is 1. The molecular weight excluding hydrogens is 396 g/mol. The van der Waals surface area contributed by atoms with Crippen molar-refractivity contribution in [2.45, 2.75) is 19.2 Å². The standard InChI is InChI=1S/C23H22ClF2NO2/c24-19-7-11-22(12-8-19)29-16-21(28)15-27(13-17-5-9-20(25)10-6-17)14-18-3-1-2-4-23(18)26/h1-12,21,28H,13-16H2/t21-/m1/s1. The quantitative estimate of drug-likeness (QED) is 0.528. The van der Waals surface area contributed by atoms with Crippen molar-refractivity contribution in [3.63, 3.8) is 0 Å². The molecule has 0 aliphatic carbocycles. The van der Waals surface area contributed by atoms with E-state index in [2.05, 4.69) is 0 Å². The van der Waals surface area contributed by atoms with Gasteiger partial charge in [0.05, 0.1) is 0 Å². The summed E-state index contributed by atoms with van der Waals surface area (Å²) in [5, 5.41) is 11.1. The number of hydrogen-bond acceptors (Lipinski definition) is 3. The number of hydrogen-bond donors (Lipinski definition) is 1. The van der Waals surface area contributed by atoms with Gasteiger partial charge < -0.3 is 9.84 Å². The van der Waals surface area contributed by atoms with Crippen LogP contribution in [0.5, 0.6) is 5.75 Å². The van der Waals surface area contributed by atoms with Crippen LogP contribution in [0.15, 0.2) is 72.8 Å². The van der Waals surface area contributed by atoms with E-state index in [4.69, 9.17) is 16.3 Å². The van der Waals surface area contributed by atoms with Crippen molar-refractivity contribution < 1.29 is 18.6 Å². The SMILES string of the molecule is O[C@@H](COc1ccc(Cl)cc1)CN(Cc1ccc(F)cc1)Cc1ccccc1F. The Balaban J connectivity index is 1.65. The molecule has 3 aromatic carbocycles. The van der Waals surface area contributed by atoms with E-state index in [1.54, 1.807) is 54.6 Å². The molecule has 0 spiro atoms. The molecule has 0 aliphatic heterocycles. The summed E-state index contributed by atoms with van der Waals surface area (Å²) < 4.78 is 32.9. The summed E-state index contributed by atoms with van der Waals surface area (Å²) in [5.41, 5.74) is 1.40. The lowest BCUT2D eigenvalue weighted by molar-refractivity contribution is 0.0624. The van der Waals surface area contributed by atoms with Gasteiger partial charge in [-0.1, -0.05) is 41.9 Å². The van der Waals surface area contributed by atoms with Crippen LogP contribution in [0.1, 0.15) is 11.1 Å². The fourth-order valence-electron chi connectivity index (χ4n) is 2.97. The van der Waals surface area contributed by atoms with Crippen LogP contribution < -0.4 is 4.74 Å². The summed E-state index contributed by atoms with van der Waals surface area (Å²) in [6.45, 7) is 1.09. The van der Waals surface area contributed by atoms with Gasteiger partial charge in [-0.15, -0.1) is 0 Å². The highest BCUT2D eigenvalue weighted by Crippen LogP contribution is 2.17. The zero-order valence-corrected chi connectivity index (χ0v) is 16.5. The lowest BCUT2D eigenvalue weighted by atomic mass is 10.1. The summed E-state index contributed by atoms with van der Waals surface area (Å²) in [6, 6.07) is 19.5. The van der Waals surface area contributed by atoms with E-state index in [1.807, 2.05) is 4.90 Å². The van der Waals surface area contributed by atoms with Crippen LogP contribution in [0, 0.1) is 11.6 Å². The molecule has 0 unspecified atom stereocenters. The van der Waals surface area contributed by atoms with E-state index in [9.17, 15) is 13.9 Å². The van der Waals surface area contributed by atoms with Crippen molar-refractivity contribution in [2.75, 3.05) is 13.2 Å². The Morgan fingerprint density at radius 2 is 1.59 bits per heavy atom. The Morgan fingerprint density at radius 3 is 2.28 bits per heavy atom. The average molecular weight is 418 g/mol. The van der Waals surface area contributed by atoms with Crippen molar-refractivity contribution in [1.82, 2.24) is 4.90 Å². The van der Waals surface area contributed by atoms with Crippen molar-refractivity contribution in [1.29, 1.82) is 0 Å².